The van der Waals surface area contributed by atoms with E-state index in [1.54, 1.807) is 24.3 Å². The number of hydrogen-bond donors (Lipinski definition) is 5. The van der Waals surface area contributed by atoms with Crippen molar-refractivity contribution >= 4 is 52.4 Å². The van der Waals surface area contributed by atoms with Crippen LogP contribution >= 0.6 is 0 Å². The van der Waals surface area contributed by atoms with Crippen LogP contribution in [0.3, 0.4) is 0 Å². The van der Waals surface area contributed by atoms with Crippen molar-refractivity contribution in [2.45, 2.75) is 32.1 Å². The lowest BCUT2D eigenvalue weighted by molar-refractivity contribution is -0.137. The number of ketones is 1. The summed E-state index contributed by atoms with van der Waals surface area (Å²) < 4.78 is 27.0. The number of fused-ring (bicyclic) bond motifs is 2. The molecule has 5 N–H and O–H groups in total. The third-order valence-corrected chi connectivity index (χ3v) is 6.44. The van der Waals surface area contributed by atoms with Crippen LogP contribution in [0.25, 0.3) is 11.6 Å². The zero-order valence-electron chi connectivity index (χ0n) is 19.9. The van der Waals surface area contributed by atoms with E-state index in [0.29, 0.717) is 59.1 Å². The van der Waals surface area contributed by atoms with Gasteiger partial charge in [0.05, 0.1) is 11.3 Å². The molecular weight excluding hydrogens is 498 g/mol. The van der Waals surface area contributed by atoms with Gasteiger partial charge >= 0.3 is 12.0 Å². The molecule has 3 aromatic rings. The van der Waals surface area contributed by atoms with Crippen molar-refractivity contribution in [2.24, 2.45) is 0 Å². The standard InChI is InChI=1S/C27H22F2N4O5/c28-13-4-7-20(18(29)10-13)33-27(38)30-14-5-8-19-16(11-14)17(26(37)32-19)12-22-15(6-9-24(35)36)25-21(31-22)2-1-3-23(25)34/h4-5,7-8,10-12,31H,1-3,6,9H2,(H,32,37)(H,35,36)(H2,30,33,38). The summed E-state index contributed by atoms with van der Waals surface area (Å²) in [5.74, 6) is -3.17. The number of benzene rings is 2. The Morgan fingerprint density at radius 3 is 2.63 bits per heavy atom. The number of aromatic nitrogens is 1. The van der Waals surface area contributed by atoms with Gasteiger partial charge in [0.2, 0.25) is 0 Å². The average Bonchev–Trinajstić information content (AvgIpc) is 3.37. The minimum Gasteiger partial charge on any atom is -0.481 e. The fraction of sp³-hybridized carbons (Fsp3) is 0.185. The van der Waals surface area contributed by atoms with Crippen molar-refractivity contribution in [2.75, 3.05) is 16.0 Å². The van der Waals surface area contributed by atoms with E-state index in [1.165, 1.54) is 0 Å². The number of rotatable bonds is 6. The lowest BCUT2D eigenvalue weighted by atomic mass is 9.91. The molecule has 0 unspecified atom stereocenters. The molecule has 1 aliphatic carbocycles. The summed E-state index contributed by atoms with van der Waals surface area (Å²) in [5.41, 5.74) is 3.62. The van der Waals surface area contributed by atoms with Gasteiger partial charge in [0.15, 0.2) is 5.78 Å². The summed E-state index contributed by atoms with van der Waals surface area (Å²) in [4.78, 5) is 52.3. The SMILES string of the molecule is O=C(O)CCc1c(C=C2C(=O)Nc3ccc(NC(=O)Nc4ccc(F)cc4F)cc32)[nH]c2c1C(=O)CCC2. The van der Waals surface area contributed by atoms with Crippen LogP contribution in [0, 0.1) is 11.6 Å². The van der Waals surface area contributed by atoms with Gasteiger partial charge in [-0.15, -0.1) is 0 Å². The quantitative estimate of drug-likeness (QED) is 0.292. The highest BCUT2D eigenvalue weighted by Crippen LogP contribution is 2.37. The first-order valence-electron chi connectivity index (χ1n) is 11.9. The highest BCUT2D eigenvalue weighted by molar-refractivity contribution is 6.35. The maximum absolute atomic E-state index is 13.9. The smallest absolute Gasteiger partial charge is 0.323 e. The van der Waals surface area contributed by atoms with Crippen LogP contribution in [0.1, 0.15) is 52.1 Å². The van der Waals surface area contributed by atoms with E-state index in [0.717, 1.165) is 17.8 Å². The number of Topliss-reactive ketones (excluding diaryl/α,β-unsaturated/α-hetero) is 1. The van der Waals surface area contributed by atoms with Crippen molar-refractivity contribution in [3.05, 3.63) is 76.1 Å². The molecule has 3 amide bonds. The number of aromatic amines is 1. The van der Waals surface area contributed by atoms with Gasteiger partial charge < -0.3 is 26.0 Å². The Labute approximate surface area is 214 Å². The third kappa shape index (κ3) is 4.90. The Balaban J connectivity index is 1.45. The summed E-state index contributed by atoms with van der Waals surface area (Å²) >= 11 is 0. The summed E-state index contributed by atoms with van der Waals surface area (Å²) in [6, 6.07) is 6.69. The number of nitrogens with one attached hydrogen (secondary N) is 4. The van der Waals surface area contributed by atoms with Crippen molar-refractivity contribution in [3.63, 3.8) is 0 Å². The molecule has 1 aromatic heterocycles. The molecule has 0 atom stereocenters. The minimum atomic E-state index is -1.000. The number of carboxylic acid groups (broad SMARTS) is 1. The van der Waals surface area contributed by atoms with Crippen LogP contribution in [0.2, 0.25) is 0 Å². The molecule has 0 radical (unpaired) electrons. The van der Waals surface area contributed by atoms with Crippen molar-refractivity contribution in [1.82, 2.24) is 4.98 Å². The number of aryl methyl sites for hydroxylation is 1. The van der Waals surface area contributed by atoms with E-state index in [2.05, 4.69) is 20.9 Å². The molecule has 5 rings (SSSR count). The first-order valence-corrected chi connectivity index (χ1v) is 11.9. The second-order valence-corrected chi connectivity index (χ2v) is 9.02. The summed E-state index contributed by atoms with van der Waals surface area (Å²) in [5, 5.41) is 16.8. The van der Waals surface area contributed by atoms with Gasteiger partial charge in [-0.1, -0.05) is 0 Å². The number of hydrogen-bond acceptors (Lipinski definition) is 4. The molecule has 0 fully saturated rings. The number of aliphatic carboxylic acids is 1. The van der Waals surface area contributed by atoms with E-state index in [1.807, 2.05) is 0 Å². The summed E-state index contributed by atoms with van der Waals surface area (Å²) in [6.45, 7) is 0. The average molecular weight is 520 g/mol. The zero-order chi connectivity index (χ0) is 27.0. The molecule has 9 nitrogen and oxygen atoms in total. The van der Waals surface area contributed by atoms with Crippen molar-refractivity contribution in [3.8, 4) is 0 Å². The molecule has 11 heteroatoms. The highest BCUT2D eigenvalue weighted by Gasteiger charge is 2.29. The van der Waals surface area contributed by atoms with Crippen LogP contribution in [0.15, 0.2) is 36.4 Å². The highest BCUT2D eigenvalue weighted by atomic mass is 19.1. The number of H-pyrrole nitrogens is 1. The molecular formula is C27H22F2N4O5. The van der Waals surface area contributed by atoms with Gasteiger partial charge in [-0.2, -0.15) is 0 Å². The first-order chi connectivity index (χ1) is 18.2. The molecule has 2 aliphatic rings. The number of amides is 3. The van der Waals surface area contributed by atoms with E-state index < -0.39 is 29.5 Å². The number of anilines is 3. The lowest BCUT2D eigenvalue weighted by Gasteiger charge is -2.11. The Morgan fingerprint density at radius 1 is 1.05 bits per heavy atom. The second kappa shape index (κ2) is 9.92. The largest absolute Gasteiger partial charge is 0.481 e. The van der Waals surface area contributed by atoms with Gasteiger partial charge in [0, 0.05) is 52.8 Å². The van der Waals surface area contributed by atoms with E-state index >= 15 is 0 Å². The van der Waals surface area contributed by atoms with Crippen LogP contribution in [0.4, 0.5) is 30.6 Å². The van der Waals surface area contributed by atoms with Gasteiger partial charge in [0.1, 0.15) is 11.6 Å². The minimum absolute atomic E-state index is 0.0566. The Hall–Kier alpha value is -4.80. The molecule has 2 aromatic carbocycles. The maximum Gasteiger partial charge on any atom is 0.323 e. The fourth-order valence-electron chi connectivity index (χ4n) is 4.74. The molecule has 0 saturated heterocycles. The maximum atomic E-state index is 13.9. The first kappa shape index (κ1) is 24.9. The van der Waals surface area contributed by atoms with Gasteiger partial charge in [0.25, 0.3) is 5.91 Å². The predicted octanol–water partition coefficient (Wildman–Crippen LogP) is 4.97. The predicted molar refractivity (Wildman–Crippen MR) is 136 cm³/mol. The lowest BCUT2D eigenvalue weighted by Crippen LogP contribution is -2.20. The number of carboxylic acids is 1. The van der Waals surface area contributed by atoms with Crippen LogP contribution in [0.5, 0.6) is 0 Å². The van der Waals surface area contributed by atoms with E-state index in [4.69, 9.17) is 0 Å². The zero-order valence-corrected chi connectivity index (χ0v) is 19.9. The molecule has 1 aliphatic heterocycles. The van der Waals surface area contributed by atoms with Gasteiger partial charge in [-0.05, 0) is 61.2 Å². The number of carbonyl (C=O) groups is 4. The molecule has 38 heavy (non-hydrogen) atoms. The molecule has 0 spiro atoms. The Kier molecular flexibility index (Phi) is 6.50. The topological polar surface area (TPSA) is 140 Å². The fourth-order valence-corrected chi connectivity index (χ4v) is 4.74. The summed E-state index contributed by atoms with van der Waals surface area (Å²) in [7, 11) is 0. The van der Waals surface area contributed by atoms with Crippen LogP contribution < -0.4 is 16.0 Å². The van der Waals surface area contributed by atoms with Crippen LogP contribution in [-0.4, -0.2) is 33.8 Å². The number of halogens is 2. The molecule has 0 bridgehead atoms. The number of carbonyl (C=O) groups excluding carboxylic acids is 3. The Bertz CT molecular complexity index is 1540. The summed E-state index contributed by atoms with van der Waals surface area (Å²) in [6.07, 6.45) is 3.25. The molecule has 194 valence electrons. The molecule has 2 heterocycles. The van der Waals surface area contributed by atoms with E-state index in [-0.39, 0.29) is 29.9 Å². The monoisotopic (exact) mass is 520 g/mol. The molecule has 0 saturated carbocycles. The third-order valence-electron chi connectivity index (χ3n) is 6.44. The van der Waals surface area contributed by atoms with Crippen molar-refractivity contribution in [1.29, 1.82) is 0 Å². The van der Waals surface area contributed by atoms with Gasteiger partial charge in [-0.25, -0.2) is 13.6 Å². The Morgan fingerprint density at radius 2 is 1.87 bits per heavy atom. The normalized spacial score (nSPS) is 15.2. The van der Waals surface area contributed by atoms with Gasteiger partial charge in [-0.3, -0.25) is 14.4 Å². The number of urea groups is 1. The second-order valence-electron chi connectivity index (χ2n) is 9.02. The van der Waals surface area contributed by atoms with Crippen molar-refractivity contribution < 1.29 is 33.1 Å². The van der Waals surface area contributed by atoms with Crippen LogP contribution in [-0.2, 0) is 22.4 Å². The van der Waals surface area contributed by atoms with E-state index in [9.17, 15) is 33.1 Å².